The van der Waals surface area contributed by atoms with Crippen LogP contribution in [-0.2, 0) is 20.9 Å². The van der Waals surface area contributed by atoms with Crippen LogP contribution in [0.15, 0.2) is 84.1 Å². The van der Waals surface area contributed by atoms with Gasteiger partial charge in [-0.15, -0.1) is 0 Å². The van der Waals surface area contributed by atoms with Crippen molar-refractivity contribution in [1.29, 1.82) is 0 Å². The maximum atomic E-state index is 13.8. The monoisotopic (exact) mass is 498 g/mol. The van der Waals surface area contributed by atoms with E-state index in [1.54, 1.807) is 7.11 Å². The fraction of sp³-hybridized carbons (Fsp3) is 0.267. The first-order valence-corrected chi connectivity index (χ1v) is 12.3. The minimum absolute atomic E-state index is 0.194. The first-order chi connectivity index (χ1) is 18.0. The summed E-state index contributed by atoms with van der Waals surface area (Å²) >= 11 is 0. The van der Waals surface area contributed by atoms with E-state index in [0.717, 1.165) is 28.2 Å². The summed E-state index contributed by atoms with van der Waals surface area (Å²) in [4.78, 5) is 26.4. The van der Waals surface area contributed by atoms with Crippen molar-refractivity contribution in [3.05, 3.63) is 95.2 Å². The van der Waals surface area contributed by atoms with Crippen LogP contribution in [-0.4, -0.2) is 26.0 Å². The highest BCUT2D eigenvalue weighted by Crippen LogP contribution is 2.45. The average Bonchev–Trinajstić information content (AvgIpc) is 3.09. The van der Waals surface area contributed by atoms with Crippen LogP contribution in [0.3, 0.4) is 0 Å². The van der Waals surface area contributed by atoms with Crippen molar-refractivity contribution >= 4 is 23.1 Å². The van der Waals surface area contributed by atoms with E-state index < -0.39 is 17.9 Å². The molecule has 0 amide bonds. The van der Waals surface area contributed by atoms with Gasteiger partial charge in [0.2, 0.25) is 0 Å². The van der Waals surface area contributed by atoms with Crippen LogP contribution in [0.5, 0.6) is 11.5 Å². The summed E-state index contributed by atoms with van der Waals surface area (Å²) in [6.07, 6.45) is 0.544. The minimum atomic E-state index is -0.855. The van der Waals surface area contributed by atoms with Crippen LogP contribution >= 0.6 is 0 Å². The molecule has 37 heavy (non-hydrogen) atoms. The average molecular weight is 499 g/mol. The Morgan fingerprint density at radius 2 is 1.68 bits per heavy atom. The number of ketones is 1. The molecule has 0 spiro atoms. The molecule has 0 unspecified atom stereocenters. The zero-order valence-electron chi connectivity index (χ0n) is 21.1. The molecule has 3 aromatic carbocycles. The van der Waals surface area contributed by atoms with E-state index in [9.17, 15) is 9.59 Å². The van der Waals surface area contributed by atoms with E-state index in [1.807, 2.05) is 79.7 Å². The van der Waals surface area contributed by atoms with Gasteiger partial charge in [0.25, 0.3) is 0 Å². The van der Waals surface area contributed by atoms with Gasteiger partial charge in [-0.1, -0.05) is 55.5 Å². The summed E-state index contributed by atoms with van der Waals surface area (Å²) in [6.45, 7) is 2.31. The highest BCUT2D eigenvalue weighted by atomic mass is 16.5. The highest BCUT2D eigenvalue weighted by molar-refractivity contribution is 6.11. The zero-order valence-corrected chi connectivity index (χ0v) is 21.1. The van der Waals surface area contributed by atoms with Crippen LogP contribution in [0.2, 0.25) is 0 Å². The third kappa shape index (κ3) is 4.77. The number of benzene rings is 3. The molecule has 2 N–H and O–H groups in total. The quantitative estimate of drug-likeness (QED) is 0.343. The number of anilines is 2. The van der Waals surface area contributed by atoms with Crippen LogP contribution in [0.4, 0.5) is 11.4 Å². The van der Waals surface area contributed by atoms with E-state index in [2.05, 4.69) is 10.6 Å². The standard InChI is InChI=1S/C30H30N2O5/c1-18-15-23-27(29(33)26(18)30(34)36-3)28(32-22-12-8-7-11-21(22)31-23)20-13-14-24(25(16-20)35-2)37-17-19-9-5-4-6-10-19/h4-14,16,18,26,28,31-32H,15,17H2,1-3H3/t18-,26+,28-/m1/s1. The number of hydrogen-bond donors (Lipinski definition) is 2. The maximum absolute atomic E-state index is 13.8. The smallest absolute Gasteiger partial charge is 0.316 e. The lowest BCUT2D eigenvalue weighted by Gasteiger charge is -2.32. The number of nitrogens with one attached hydrogen (secondary N) is 2. The Balaban J connectivity index is 1.54. The van der Waals surface area contributed by atoms with E-state index in [0.29, 0.717) is 30.1 Å². The second-order valence-electron chi connectivity index (χ2n) is 9.37. The molecule has 0 saturated carbocycles. The Kier molecular flexibility index (Phi) is 6.86. The Morgan fingerprint density at radius 3 is 2.41 bits per heavy atom. The van der Waals surface area contributed by atoms with Crippen molar-refractivity contribution in [2.75, 3.05) is 24.9 Å². The highest BCUT2D eigenvalue weighted by Gasteiger charge is 2.44. The predicted octanol–water partition coefficient (Wildman–Crippen LogP) is 5.51. The number of rotatable bonds is 6. The van der Waals surface area contributed by atoms with Crippen molar-refractivity contribution in [2.24, 2.45) is 11.8 Å². The number of esters is 1. The molecule has 1 heterocycles. The number of hydrogen-bond acceptors (Lipinski definition) is 7. The zero-order chi connectivity index (χ0) is 25.9. The Morgan fingerprint density at radius 1 is 0.946 bits per heavy atom. The molecule has 7 nitrogen and oxygen atoms in total. The molecule has 7 heteroatoms. The third-order valence-electron chi connectivity index (χ3n) is 6.98. The molecule has 1 aliphatic heterocycles. The molecule has 5 rings (SSSR count). The van der Waals surface area contributed by atoms with Gasteiger partial charge < -0.3 is 24.8 Å². The summed E-state index contributed by atoms with van der Waals surface area (Å²) in [5.74, 6) is -0.628. The Hall–Kier alpha value is -4.26. The molecule has 0 aromatic heterocycles. The van der Waals surface area contributed by atoms with Crippen LogP contribution in [0, 0.1) is 11.8 Å². The van der Waals surface area contributed by atoms with Gasteiger partial charge in [-0.25, -0.2) is 0 Å². The molecule has 0 radical (unpaired) electrons. The second kappa shape index (κ2) is 10.4. The number of allylic oxidation sites excluding steroid dienone is 1. The van der Waals surface area contributed by atoms with E-state index in [-0.39, 0.29) is 11.7 Å². The Bertz CT molecular complexity index is 1350. The maximum Gasteiger partial charge on any atom is 0.316 e. The second-order valence-corrected chi connectivity index (χ2v) is 9.37. The predicted molar refractivity (Wildman–Crippen MR) is 142 cm³/mol. The van der Waals surface area contributed by atoms with Gasteiger partial charge in [-0.2, -0.15) is 0 Å². The van der Waals surface area contributed by atoms with Gasteiger partial charge in [0.1, 0.15) is 12.5 Å². The van der Waals surface area contributed by atoms with Gasteiger partial charge in [0.05, 0.1) is 31.6 Å². The van der Waals surface area contributed by atoms with Gasteiger partial charge in [0.15, 0.2) is 17.3 Å². The third-order valence-corrected chi connectivity index (χ3v) is 6.98. The first-order valence-electron chi connectivity index (χ1n) is 12.3. The number of carbonyl (C=O) groups is 2. The van der Waals surface area contributed by atoms with Crippen molar-refractivity contribution < 1.29 is 23.8 Å². The topological polar surface area (TPSA) is 85.9 Å². The molecule has 2 aliphatic rings. The fourth-order valence-electron chi connectivity index (χ4n) is 5.10. The first kappa shape index (κ1) is 24.4. The SMILES string of the molecule is COC(=O)[C@@H]1C(=O)C2=C(C[C@H]1C)Nc1ccccc1N[C@@H]2c1ccc(OCc2ccccc2)c(OC)c1. The number of Topliss-reactive ketones (excluding diaryl/α,β-unsaturated/α-hetero) is 1. The summed E-state index contributed by atoms with van der Waals surface area (Å²) in [5.41, 5.74) is 4.95. The summed E-state index contributed by atoms with van der Waals surface area (Å²) in [5, 5.41) is 7.00. The fourth-order valence-corrected chi connectivity index (χ4v) is 5.10. The largest absolute Gasteiger partial charge is 0.493 e. The van der Waals surface area contributed by atoms with Crippen LogP contribution in [0.1, 0.15) is 30.5 Å². The molecule has 3 atom stereocenters. The number of carbonyl (C=O) groups excluding carboxylic acids is 2. The molecule has 1 aliphatic carbocycles. The Labute approximate surface area is 216 Å². The normalized spacial score (nSPS) is 20.5. The van der Waals surface area contributed by atoms with Gasteiger partial charge in [0, 0.05) is 11.3 Å². The lowest BCUT2D eigenvalue weighted by Crippen LogP contribution is -2.39. The van der Waals surface area contributed by atoms with Crippen LogP contribution < -0.4 is 20.1 Å². The van der Waals surface area contributed by atoms with Crippen molar-refractivity contribution in [2.45, 2.75) is 26.0 Å². The molecule has 190 valence electrons. The molecule has 3 aromatic rings. The van der Waals surface area contributed by atoms with Gasteiger partial charge in [-0.05, 0) is 47.7 Å². The number of fused-ring (bicyclic) bond motifs is 1. The molecular formula is C30H30N2O5. The molecule has 0 bridgehead atoms. The van der Waals surface area contributed by atoms with Crippen molar-refractivity contribution in [3.63, 3.8) is 0 Å². The molecule has 0 fully saturated rings. The summed E-state index contributed by atoms with van der Waals surface area (Å²) in [6, 6.07) is 22.9. The van der Waals surface area contributed by atoms with Crippen molar-refractivity contribution in [1.82, 2.24) is 0 Å². The number of ether oxygens (including phenoxy) is 3. The van der Waals surface area contributed by atoms with E-state index >= 15 is 0 Å². The minimum Gasteiger partial charge on any atom is -0.493 e. The van der Waals surface area contributed by atoms with Gasteiger partial charge in [-0.3, -0.25) is 9.59 Å². The lowest BCUT2D eigenvalue weighted by molar-refractivity contribution is -0.151. The lowest BCUT2D eigenvalue weighted by atomic mass is 9.75. The molecule has 0 saturated heterocycles. The number of methoxy groups -OCH3 is 2. The van der Waals surface area contributed by atoms with Crippen molar-refractivity contribution in [3.8, 4) is 11.5 Å². The van der Waals surface area contributed by atoms with E-state index in [1.165, 1.54) is 7.11 Å². The molecular weight excluding hydrogens is 468 g/mol. The van der Waals surface area contributed by atoms with Gasteiger partial charge >= 0.3 is 5.97 Å². The summed E-state index contributed by atoms with van der Waals surface area (Å²) in [7, 11) is 2.92. The van der Waals surface area contributed by atoms with Crippen LogP contribution in [0.25, 0.3) is 0 Å². The van der Waals surface area contributed by atoms with E-state index in [4.69, 9.17) is 14.2 Å². The summed E-state index contributed by atoms with van der Waals surface area (Å²) < 4.78 is 16.7. The number of para-hydroxylation sites is 2.